The van der Waals surface area contributed by atoms with Gasteiger partial charge < -0.3 is 4.74 Å². The van der Waals surface area contributed by atoms with E-state index in [4.69, 9.17) is 4.74 Å². The monoisotopic (exact) mass is 243 g/mol. The van der Waals surface area contributed by atoms with Gasteiger partial charge in [-0.2, -0.15) is 0 Å². The highest BCUT2D eigenvalue weighted by Crippen LogP contribution is 2.17. The Bertz CT molecular complexity index is 481. The summed E-state index contributed by atoms with van der Waals surface area (Å²) in [5.41, 5.74) is 0.645. The van der Waals surface area contributed by atoms with Crippen molar-refractivity contribution in [3.05, 3.63) is 29.8 Å². The largest absolute Gasteiger partial charge is 0.496 e. The van der Waals surface area contributed by atoms with Crippen molar-refractivity contribution in [1.29, 1.82) is 0 Å². The molecule has 0 aromatic heterocycles. The molecule has 1 amide bonds. The number of carbonyl (C=O) groups excluding carboxylic acids is 1. The summed E-state index contributed by atoms with van der Waals surface area (Å²) < 4.78 is 28.6. The van der Waals surface area contributed by atoms with Crippen LogP contribution in [-0.2, 0) is 21.2 Å². The highest BCUT2D eigenvalue weighted by Gasteiger charge is 2.11. The highest BCUT2D eigenvalue weighted by molar-refractivity contribution is 7.89. The van der Waals surface area contributed by atoms with Gasteiger partial charge in [0.25, 0.3) is 0 Å². The first-order valence-corrected chi connectivity index (χ1v) is 6.44. The summed E-state index contributed by atoms with van der Waals surface area (Å²) in [6.45, 7) is 0. The van der Waals surface area contributed by atoms with Gasteiger partial charge in [-0.05, 0) is 6.07 Å². The third-order valence-electron chi connectivity index (χ3n) is 1.84. The van der Waals surface area contributed by atoms with Crippen molar-refractivity contribution < 1.29 is 17.9 Å². The molecule has 0 aliphatic heterocycles. The van der Waals surface area contributed by atoms with Gasteiger partial charge in [0, 0.05) is 5.56 Å². The molecule has 0 aliphatic carbocycles. The van der Waals surface area contributed by atoms with E-state index in [1.54, 1.807) is 24.3 Å². The van der Waals surface area contributed by atoms with Crippen LogP contribution in [0.3, 0.4) is 0 Å². The third kappa shape index (κ3) is 3.90. The van der Waals surface area contributed by atoms with E-state index in [-0.39, 0.29) is 6.42 Å². The van der Waals surface area contributed by atoms with Crippen molar-refractivity contribution in [1.82, 2.24) is 4.72 Å². The summed E-state index contributed by atoms with van der Waals surface area (Å²) in [5, 5.41) is 0. The summed E-state index contributed by atoms with van der Waals surface area (Å²) in [7, 11) is -2.01. The molecule has 0 fully saturated rings. The Morgan fingerprint density at radius 1 is 1.38 bits per heavy atom. The quantitative estimate of drug-likeness (QED) is 0.826. The van der Waals surface area contributed by atoms with E-state index >= 15 is 0 Å². The lowest BCUT2D eigenvalue weighted by Crippen LogP contribution is -2.30. The molecule has 0 aliphatic rings. The van der Waals surface area contributed by atoms with Crippen LogP contribution in [0.1, 0.15) is 5.56 Å². The molecule has 6 heteroatoms. The lowest BCUT2D eigenvalue weighted by atomic mass is 10.1. The predicted molar refractivity (Wildman–Crippen MR) is 59.7 cm³/mol. The Kier molecular flexibility index (Phi) is 3.89. The van der Waals surface area contributed by atoms with Crippen molar-refractivity contribution in [3.8, 4) is 5.75 Å². The van der Waals surface area contributed by atoms with Crippen LogP contribution in [-0.4, -0.2) is 27.7 Å². The molecule has 1 rings (SSSR count). The van der Waals surface area contributed by atoms with Crippen LogP contribution in [0.5, 0.6) is 5.75 Å². The van der Waals surface area contributed by atoms with Gasteiger partial charge in [0.2, 0.25) is 15.9 Å². The minimum absolute atomic E-state index is 0.0307. The summed E-state index contributed by atoms with van der Waals surface area (Å²) >= 11 is 0. The van der Waals surface area contributed by atoms with E-state index in [2.05, 4.69) is 0 Å². The first kappa shape index (κ1) is 12.5. The smallest absolute Gasteiger partial charge is 0.237 e. The molecule has 0 spiro atoms. The fourth-order valence-electron chi connectivity index (χ4n) is 1.26. The normalized spacial score (nSPS) is 10.9. The number of benzene rings is 1. The SMILES string of the molecule is COc1ccccc1CC(=O)NS(C)(=O)=O. The molecule has 1 aromatic rings. The molecule has 1 aromatic carbocycles. The predicted octanol–water partition coefficient (Wildman–Crippen LogP) is 0.313. The number of methoxy groups -OCH3 is 1. The van der Waals surface area contributed by atoms with Gasteiger partial charge >= 0.3 is 0 Å². The zero-order valence-electron chi connectivity index (χ0n) is 9.06. The standard InChI is InChI=1S/C10H13NO4S/c1-15-9-6-4-3-5-8(9)7-10(12)11-16(2,13)14/h3-6H,7H2,1-2H3,(H,11,12). The maximum atomic E-state index is 11.4. The number of hydrogen-bond acceptors (Lipinski definition) is 4. The van der Waals surface area contributed by atoms with Crippen LogP contribution in [0.15, 0.2) is 24.3 Å². The lowest BCUT2D eigenvalue weighted by Gasteiger charge is -2.07. The second-order valence-electron chi connectivity index (χ2n) is 3.29. The van der Waals surface area contributed by atoms with Crippen molar-refractivity contribution in [3.63, 3.8) is 0 Å². The highest BCUT2D eigenvalue weighted by atomic mass is 32.2. The molecule has 0 unspecified atom stereocenters. The molecule has 88 valence electrons. The van der Waals surface area contributed by atoms with Gasteiger partial charge in [-0.1, -0.05) is 18.2 Å². The number of hydrogen-bond donors (Lipinski definition) is 1. The van der Waals surface area contributed by atoms with Gasteiger partial charge in [0.05, 0.1) is 19.8 Å². The molecule has 0 saturated heterocycles. The zero-order chi connectivity index (χ0) is 12.2. The maximum Gasteiger partial charge on any atom is 0.237 e. The molecule has 16 heavy (non-hydrogen) atoms. The molecule has 0 bridgehead atoms. The number of nitrogens with one attached hydrogen (secondary N) is 1. The molecular formula is C10H13NO4S. The van der Waals surface area contributed by atoms with Gasteiger partial charge in [0.1, 0.15) is 5.75 Å². The summed E-state index contributed by atoms with van der Waals surface area (Å²) in [5.74, 6) is -0.0156. The van der Waals surface area contributed by atoms with Crippen LogP contribution < -0.4 is 9.46 Å². The molecule has 0 atom stereocenters. The van der Waals surface area contributed by atoms with Crippen LogP contribution in [0, 0.1) is 0 Å². The van der Waals surface area contributed by atoms with Gasteiger partial charge in [0.15, 0.2) is 0 Å². The van der Waals surface area contributed by atoms with Crippen LogP contribution in [0.25, 0.3) is 0 Å². The van der Waals surface area contributed by atoms with Crippen molar-refractivity contribution >= 4 is 15.9 Å². The van der Waals surface area contributed by atoms with Gasteiger partial charge in [-0.3, -0.25) is 9.52 Å². The Morgan fingerprint density at radius 2 is 2.00 bits per heavy atom. The summed E-state index contributed by atoms with van der Waals surface area (Å²) in [6, 6.07) is 6.95. The number of carbonyl (C=O) groups is 1. The fraction of sp³-hybridized carbons (Fsp3) is 0.300. The number of para-hydroxylation sites is 1. The van der Waals surface area contributed by atoms with E-state index in [1.807, 2.05) is 4.72 Å². The Morgan fingerprint density at radius 3 is 2.56 bits per heavy atom. The van der Waals surface area contributed by atoms with Crippen LogP contribution in [0.2, 0.25) is 0 Å². The average molecular weight is 243 g/mol. The third-order valence-corrected chi connectivity index (χ3v) is 2.44. The van der Waals surface area contributed by atoms with Crippen LogP contribution in [0.4, 0.5) is 0 Å². The van der Waals surface area contributed by atoms with Gasteiger partial charge in [-0.25, -0.2) is 8.42 Å². The number of amides is 1. The average Bonchev–Trinajstić information content (AvgIpc) is 2.15. The van der Waals surface area contributed by atoms with Crippen molar-refractivity contribution in [2.45, 2.75) is 6.42 Å². The maximum absolute atomic E-state index is 11.4. The van der Waals surface area contributed by atoms with Crippen molar-refractivity contribution in [2.75, 3.05) is 13.4 Å². The minimum atomic E-state index is -3.50. The molecule has 0 radical (unpaired) electrons. The molecular weight excluding hydrogens is 230 g/mol. The minimum Gasteiger partial charge on any atom is -0.496 e. The Balaban J connectivity index is 2.77. The van der Waals surface area contributed by atoms with E-state index in [1.165, 1.54) is 7.11 Å². The number of sulfonamides is 1. The Labute approximate surface area is 94.5 Å². The topological polar surface area (TPSA) is 72.5 Å². The van der Waals surface area contributed by atoms with Crippen molar-refractivity contribution in [2.24, 2.45) is 0 Å². The second kappa shape index (κ2) is 4.98. The molecule has 0 heterocycles. The molecule has 5 nitrogen and oxygen atoms in total. The number of ether oxygens (including phenoxy) is 1. The molecule has 0 saturated carbocycles. The lowest BCUT2D eigenvalue weighted by molar-refractivity contribution is -0.118. The first-order valence-electron chi connectivity index (χ1n) is 4.55. The second-order valence-corrected chi connectivity index (χ2v) is 5.03. The Hall–Kier alpha value is -1.56. The van der Waals surface area contributed by atoms with Crippen LogP contribution >= 0.6 is 0 Å². The number of rotatable bonds is 4. The summed E-state index contributed by atoms with van der Waals surface area (Å²) in [6.07, 6.45) is 0.907. The molecule has 1 N–H and O–H groups in total. The van der Waals surface area contributed by atoms with E-state index < -0.39 is 15.9 Å². The summed E-state index contributed by atoms with van der Waals surface area (Å²) in [4.78, 5) is 11.4. The first-order chi connectivity index (χ1) is 7.42. The fourth-order valence-corrected chi connectivity index (χ4v) is 1.75. The van der Waals surface area contributed by atoms with E-state index in [0.29, 0.717) is 11.3 Å². The van der Waals surface area contributed by atoms with E-state index in [9.17, 15) is 13.2 Å². The van der Waals surface area contributed by atoms with E-state index in [0.717, 1.165) is 6.26 Å². The van der Waals surface area contributed by atoms with Gasteiger partial charge in [-0.15, -0.1) is 0 Å². The zero-order valence-corrected chi connectivity index (χ0v) is 9.87.